The van der Waals surface area contributed by atoms with Crippen molar-refractivity contribution in [3.05, 3.63) is 0 Å². The number of nitrogens with one attached hydrogen (secondary N) is 2. The highest BCUT2D eigenvalue weighted by Crippen LogP contribution is 1.72. The molecule has 0 aromatic rings. The van der Waals surface area contributed by atoms with Gasteiger partial charge in [-0.1, -0.05) is 0 Å². The third-order valence-corrected chi connectivity index (χ3v) is 0.935. The number of hydrogen-bond donors (Lipinski definition) is 4. The largest absolute Gasteiger partial charge is 0.465 e. The second-order valence-corrected chi connectivity index (χ2v) is 1.91. The van der Waals surface area contributed by atoms with E-state index in [0.29, 0.717) is 13.1 Å². The summed E-state index contributed by atoms with van der Waals surface area (Å²) in [7, 11) is 0. The van der Waals surface area contributed by atoms with E-state index in [4.69, 9.17) is 10.8 Å². The summed E-state index contributed by atoms with van der Waals surface area (Å²) in [4.78, 5) is 9.99. The zero-order chi connectivity index (χ0) is 7.98. The fraction of sp³-hybridized carbons (Fsp3) is 0.800. The van der Waals surface area contributed by atoms with Crippen LogP contribution in [0, 0.1) is 0 Å². The van der Waals surface area contributed by atoms with Crippen molar-refractivity contribution in [2.75, 3.05) is 13.1 Å². The molecule has 10 heavy (non-hydrogen) atoms. The van der Waals surface area contributed by atoms with Crippen molar-refractivity contribution >= 4 is 6.09 Å². The van der Waals surface area contributed by atoms with Crippen molar-refractivity contribution in [2.24, 2.45) is 5.73 Å². The minimum Gasteiger partial charge on any atom is -0.465 e. The zero-order valence-corrected chi connectivity index (χ0v) is 5.92. The normalized spacial score (nSPS) is 12.6. The van der Waals surface area contributed by atoms with Gasteiger partial charge < -0.3 is 16.2 Å². The Labute approximate surface area is 59.6 Å². The van der Waals surface area contributed by atoms with E-state index < -0.39 is 6.09 Å². The average Bonchev–Trinajstić information content (AvgIpc) is 1.82. The molecule has 0 bridgehead atoms. The molecule has 0 rings (SSSR count). The molecular formula is C5H13N3O2. The third kappa shape index (κ3) is 5.33. The first kappa shape index (κ1) is 9.19. The molecule has 1 amide bonds. The van der Waals surface area contributed by atoms with Crippen LogP contribution >= 0.6 is 0 Å². The first-order valence-electron chi connectivity index (χ1n) is 3.09. The smallest absolute Gasteiger partial charge is 0.405 e. The van der Waals surface area contributed by atoms with Gasteiger partial charge in [-0.25, -0.2) is 4.79 Å². The van der Waals surface area contributed by atoms with Crippen LogP contribution in [0.25, 0.3) is 0 Å². The molecular weight excluding hydrogens is 134 g/mol. The number of hydrogen-bond acceptors (Lipinski definition) is 3. The second kappa shape index (κ2) is 5.01. The molecule has 0 aliphatic rings. The zero-order valence-electron chi connectivity index (χ0n) is 5.92. The van der Waals surface area contributed by atoms with Crippen molar-refractivity contribution in [1.82, 2.24) is 10.6 Å². The van der Waals surface area contributed by atoms with Crippen molar-refractivity contribution in [2.45, 2.75) is 13.1 Å². The molecule has 0 aliphatic carbocycles. The summed E-state index contributed by atoms with van der Waals surface area (Å²) in [5, 5.41) is 13.3. The van der Waals surface area contributed by atoms with E-state index in [1.807, 2.05) is 0 Å². The highest BCUT2D eigenvalue weighted by Gasteiger charge is 2.01. The molecule has 1 unspecified atom stereocenters. The first-order valence-corrected chi connectivity index (χ1v) is 3.09. The number of amides is 1. The Bertz CT molecular complexity index is 107. The number of carboxylic acid groups (broad SMARTS) is 1. The van der Waals surface area contributed by atoms with Crippen LogP contribution in [0.1, 0.15) is 6.92 Å². The van der Waals surface area contributed by atoms with Crippen LogP contribution in [-0.2, 0) is 0 Å². The lowest BCUT2D eigenvalue weighted by Crippen LogP contribution is -2.44. The Kier molecular flexibility index (Phi) is 4.61. The van der Waals surface area contributed by atoms with Crippen LogP contribution in [0.2, 0.25) is 0 Å². The summed E-state index contributed by atoms with van der Waals surface area (Å²) < 4.78 is 0. The first-order chi connectivity index (χ1) is 4.66. The molecule has 5 nitrogen and oxygen atoms in total. The van der Waals surface area contributed by atoms with E-state index in [0.717, 1.165) is 0 Å². The van der Waals surface area contributed by atoms with E-state index in [9.17, 15) is 4.79 Å². The highest BCUT2D eigenvalue weighted by atomic mass is 16.4. The van der Waals surface area contributed by atoms with Crippen molar-refractivity contribution in [3.8, 4) is 0 Å². The fourth-order valence-electron chi connectivity index (χ4n) is 0.536. The lowest BCUT2D eigenvalue weighted by molar-refractivity contribution is 0.188. The second-order valence-electron chi connectivity index (χ2n) is 1.91. The maximum atomic E-state index is 9.99. The van der Waals surface area contributed by atoms with Gasteiger partial charge in [0.05, 0.1) is 6.17 Å². The van der Waals surface area contributed by atoms with Crippen molar-refractivity contribution in [3.63, 3.8) is 0 Å². The molecule has 0 aromatic heterocycles. The predicted molar refractivity (Wildman–Crippen MR) is 37.7 cm³/mol. The van der Waals surface area contributed by atoms with Crippen molar-refractivity contribution in [1.29, 1.82) is 0 Å². The van der Waals surface area contributed by atoms with Crippen LogP contribution in [0.15, 0.2) is 0 Å². The van der Waals surface area contributed by atoms with Gasteiger partial charge in [0.1, 0.15) is 0 Å². The Morgan fingerprint density at radius 1 is 1.80 bits per heavy atom. The Hall–Kier alpha value is -0.810. The minimum atomic E-state index is -1.03. The van der Waals surface area contributed by atoms with E-state index in [2.05, 4.69) is 10.6 Å². The highest BCUT2D eigenvalue weighted by molar-refractivity contribution is 5.64. The van der Waals surface area contributed by atoms with E-state index in [-0.39, 0.29) is 6.17 Å². The maximum Gasteiger partial charge on any atom is 0.405 e. The molecule has 5 heteroatoms. The van der Waals surface area contributed by atoms with E-state index in [1.54, 1.807) is 6.92 Å². The quantitative estimate of drug-likeness (QED) is 0.390. The van der Waals surface area contributed by atoms with Gasteiger partial charge in [0.25, 0.3) is 0 Å². The topological polar surface area (TPSA) is 87.4 Å². The van der Waals surface area contributed by atoms with Crippen LogP contribution in [0.5, 0.6) is 0 Å². The lowest BCUT2D eigenvalue weighted by Gasteiger charge is -2.11. The molecule has 60 valence electrons. The van der Waals surface area contributed by atoms with Gasteiger partial charge in [0, 0.05) is 13.1 Å². The molecule has 0 spiro atoms. The maximum absolute atomic E-state index is 9.99. The molecule has 0 aliphatic heterocycles. The number of carbonyl (C=O) groups is 1. The summed E-state index contributed by atoms with van der Waals surface area (Å²) in [6.07, 6.45) is -1.27. The fourth-order valence-corrected chi connectivity index (χ4v) is 0.536. The Balaban J connectivity index is 3.25. The van der Waals surface area contributed by atoms with E-state index >= 15 is 0 Å². The predicted octanol–water partition coefficient (Wildman–Crippen LogP) is -0.852. The van der Waals surface area contributed by atoms with Crippen LogP contribution in [0.4, 0.5) is 4.79 Å². The van der Waals surface area contributed by atoms with Gasteiger partial charge in [-0.2, -0.15) is 0 Å². The van der Waals surface area contributed by atoms with Gasteiger partial charge in [0.15, 0.2) is 0 Å². The lowest BCUT2D eigenvalue weighted by atomic mass is 10.5. The summed E-state index contributed by atoms with van der Waals surface area (Å²) in [5.41, 5.74) is 5.17. The number of rotatable bonds is 4. The Morgan fingerprint density at radius 3 is 2.80 bits per heavy atom. The molecule has 0 radical (unpaired) electrons. The van der Waals surface area contributed by atoms with Gasteiger partial charge in [-0.15, -0.1) is 0 Å². The van der Waals surface area contributed by atoms with Crippen molar-refractivity contribution < 1.29 is 9.90 Å². The summed E-state index contributed by atoms with van der Waals surface area (Å²) >= 11 is 0. The minimum absolute atomic E-state index is 0.235. The molecule has 0 heterocycles. The van der Waals surface area contributed by atoms with Crippen LogP contribution in [-0.4, -0.2) is 30.5 Å². The summed E-state index contributed by atoms with van der Waals surface area (Å²) in [6.45, 7) is 2.83. The molecule has 0 fully saturated rings. The van der Waals surface area contributed by atoms with Crippen LogP contribution in [0.3, 0.4) is 0 Å². The Morgan fingerprint density at radius 2 is 2.40 bits per heavy atom. The monoisotopic (exact) mass is 147 g/mol. The SMILES string of the molecule is CC(NCCN)NC(=O)O. The molecule has 0 saturated heterocycles. The van der Waals surface area contributed by atoms with Gasteiger partial charge in [0.2, 0.25) is 0 Å². The van der Waals surface area contributed by atoms with Gasteiger partial charge >= 0.3 is 6.09 Å². The van der Waals surface area contributed by atoms with Gasteiger partial charge in [-0.3, -0.25) is 5.32 Å². The van der Waals surface area contributed by atoms with Crippen LogP contribution < -0.4 is 16.4 Å². The summed E-state index contributed by atoms with van der Waals surface area (Å²) in [6, 6.07) is 0. The van der Waals surface area contributed by atoms with E-state index in [1.165, 1.54) is 0 Å². The van der Waals surface area contributed by atoms with Gasteiger partial charge in [-0.05, 0) is 6.92 Å². The molecule has 0 aromatic carbocycles. The standard InChI is InChI=1S/C5H13N3O2/c1-4(7-3-2-6)8-5(9)10/h4,7-8H,2-3,6H2,1H3,(H,9,10). The molecule has 0 saturated carbocycles. The third-order valence-electron chi connectivity index (χ3n) is 0.935. The number of nitrogens with two attached hydrogens (primary N) is 1. The molecule has 1 atom stereocenters. The molecule has 5 N–H and O–H groups in total. The average molecular weight is 147 g/mol. The summed E-state index contributed by atoms with van der Waals surface area (Å²) in [5.74, 6) is 0.